The number of nitrogens with zero attached hydrogens (tertiary/aromatic N) is 3. The molecule has 0 unspecified atom stereocenters. The molecule has 152 valence electrons. The van der Waals surface area contributed by atoms with Crippen molar-refractivity contribution in [3.63, 3.8) is 0 Å². The minimum Gasteiger partial charge on any atom is -0.487 e. The Kier molecular flexibility index (Phi) is 4.51. The Hall–Kier alpha value is -3.26. The van der Waals surface area contributed by atoms with Crippen molar-refractivity contribution in [3.05, 3.63) is 51.8 Å². The third-order valence-electron chi connectivity index (χ3n) is 5.36. The van der Waals surface area contributed by atoms with Gasteiger partial charge in [-0.15, -0.1) is 11.3 Å². The van der Waals surface area contributed by atoms with Gasteiger partial charge in [0.25, 0.3) is 5.56 Å². The Morgan fingerprint density at radius 2 is 2.17 bits per heavy atom. The van der Waals surface area contributed by atoms with Crippen molar-refractivity contribution in [2.24, 2.45) is 0 Å². The molecule has 0 atom stereocenters. The largest absolute Gasteiger partial charge is 0.487 e. The fourth-order valence-electron chi connectivity index (χ4n) is 3.70. The van der Waals surface area contributed by atoms with E-state index in [-0.39, 0.29) is 17.6 Å². The summed E-state index contributed by atoms with van der Waals surface area (Å²) in [5.41, 5.74) is 1.89. The van der Waals surface area contributed by atoms with Crippen molar-refractivity contribution >= 4 is 38.2 Å². The maximum atomic E-state index is 12.8. The molecule has 1 aliphatic rings. The topological polar surface area (TPSA) is 88.2 Å². The van der Waals surface area contributed by atoms with Gasteiger partial charge in [-0.05, 0) is 47.5 Å². The van der Waals surface area contributed by atoms with E-state index < -0.39 is 0 Å². The zero-order chi connectivity index (χ0) is 20.8. The van der Waals surface area contributed by atoms with Crippen LogP contribution in [0.2, 0.25) is 0 Å². The Balaban J connectivity index is 1.46. The summed E-state index contributed by atoms with van der Waals surface area (Å²) in [5.74, 6) is 1.20. The Bertz CT molecular complexity index is 1340. The Morgan fingerprint density at radius 1 is 1.33 bits per heavy atom. The number of aromatic nitrogens is 3. The van der Waals surface area contributed by atoms with Crippen LogP contribution in [0.1, 0.15) is 18.9 Å². The maximum Gasteiger partial charge on any atom is 0.259 e. The van der Waals surface area contributed by atoms with Crippen LogP contribution in [0, 0.1) is 6.92 Å². The van der Waals surface area contributed by atoms with Crippen molar-refractivity contribution < 1.29 is 9.53 Å². The minimum absolute atomic E-state index is 0.0507. The number of rotatable bonds is 4. The van der Waals surface area contributed by atoms with Gasteiger partial charge < -0.3 is 14.6 Å². The van der Waals surface area contributed by atoms with Gasteiger partial charge in [-0.1, -0.05) is 6.92 Å². The first-order valence-corrected chi connectivity index (χ1v) is 10.7. The molecule has 8 heteroatoms. The van der Waals surface area contributed by atoms with E-state index in [4.69, 9.17) is 4.74 Å². The number of fused-ring (bicyclic) bond motifs is 2. The standard InChI is InChI=1S/C22H20N4O3S/c1-3-19(27)26-10-15(11-26)29-14-6-12(2)20-16(8-14)22(28)25-21(24-20)17-7-13-4-5-30-18(13)9-23-17/h4-9,15H,3,10-11H2,1-2H3,(H,24,25,28). The average Bonchev–Trinajstić information content (AvgIpc) is 3.18. The van der Waals surface area contributed by atoms with Crippen molar-refractivity contribution in [1.29, 1.82) is 0 Å². The lowest BCUT2D eigenvalue weighted by atomic mass is 10.1. The van der Waals surface area contributed by atoms with Gasteiger partial charge in [0.05, 0.1) is 28.7 Å². The van der Waals surface area contributed by atoms with E-state index >= 15 is 0 Å². The fourth-order valence-corrected chi connectivity index (χ4v) is 4.44. The Morgan fingerprint density at radius 3 is 2.97 bits per heavy atom. The molecular weight excluding hydrogens is 400 g/mol. The summed E-state index contributed by atoms with van der Waals surface area (Å²) in [4.78, 5) is 38.2. The van der Waals surface area contributed by atoms with Gasteiger partial charge in [0.1, 0.15) is 17.5 Å². The Labute approximate surface area is 176 Å². The molecule has 0 radical (unpaired) electrons. The normalized spacial score (nSPS) is 14.3. The van der Waals surface area contributed by atoms with Crippen LogP contribution in [0.3, 0.4) is 0 Å². The maximum absolute atomic E-state index is 12.8. The molecule has 30 heavy (non-hydrogen) atoms. The van der Waals surface area contributed by atoms with Crippen molar-refractivity contribution in [3.8, 4) is 17.3 Å². The summed E-state index contributed by atoms with van der Waals surface area (Å²) >= 11 is 1.62. The molecule has 4 heterocycles. The number of nitrogens with one attached hydrogen (secondary N) is 1. The number of hydrogen-bond acceptors (Lipinski definition) is 6. The predicted molar refractivity (Wildman–Crippen MR) is 117 cm³/mol. The summed E-state index contributed by atoms with van der Waals surface area (Å²) < 4.78 is 7.08. The first-order valence-electron chi connectivity index (χ1n) is 9.84. The number of likely N-dealkylation sites (tertiary alicyclic amines) is 1. The first-order chi connectivity index (χ1) is 14.5. The highest BCUT2D eigenvalue weighted by Crippen LogP contribution is 2.27. The third kappa shape index (κ3) is 3.23. The number of carbonyl (C=O) groups is 1. The number of carbonyl (C=O) groups excluding carboxylic acids is 1. The van der Waals surface area contributed by atoms with E-state index in [9.17, 15) is 9.59 Å². The van der Waals surface area contributed by atoms with Gasteiger partial charge >= 0.3 is 0 Å². The number of amides is 1. The van der Waals surface area contributed by atoms with E-state index in [1.165, 1.54) is 0 Å². The van der Waals surface area contributed by atoms with Crippen LogP contribution >= 0.6 is 11.3 Å². The number of aromatic amines is 1. The number of aryl methyl sites for hydroxylation is 1. The number of pyridine rings is 1. The van der Waals surface area contributed by atoms with E-state index in [0.717, 1.165) is 15.6 Å². The third-order valence-corrected chi connectivity index (χ3v) is 6.23. The number of benzene rings is 1. The van der Waals surface area contributed by atoms with Gasteiger partial charge in [-0.25, -0.2) is 4.98 Å². The molecule has 7 nitrogen and oxygen atoms in total. The van der Waals surface area contributed by atoms with Crippen LogP contribution in [0.4, 0.5) is 0 Å². The quantitative estimate of drug-likeness (QED) is 0.546. The van der Waals surface area contributed by atoms with Crippen LogP contribution in [-0.2, 0) is 4.79 Å². The second kappa shape index (κ2) is 7.21. The molecule has 1 saturated heterocycles. The average molecular weight is 420 g/mol. The summed E-state index contributed by atoms with van der Waals surface area (Å²) in [7, 11) is 0. The predicted octanol–water partition coefficient (Wildman–Crippen LogP) is 3.51. The van der Waals surface area contributed by atoms with E-state index in [1.807, 2.05) is 37.4 Å². The van der Waals surface area contributed by atoms with Crippen LogP contribution in [0.15, 0.2) is 40.6 Å². The molecule has 1 N–H and O–H groups in total. The van der Waals surface area contributed by atoms with Crippen molar-refractivity contribution in [1.82, 2.24) is 19.9 Å². The highest BCUT2D eigenvalue weighted by molar-refractivity contribution is 7.17. The van der Waals surface area contributed by atoms with Crippen molar-refractivity contribution in [2.45, 2.75) is 26.4 Å². The monoisotopic (exact) mass is 420 g/mol. The number of H-pyrrole nitrogens is 1. The van der Waals surface area contributed by atoms with Gasteiger partial charge in [-0.2, -0.15) is 0 Å². The molecule has 1 amide bonds. The van der Waals surface area contributed by atoms with Crippen LogP contribution in [0.5, 0.6) is 5.75 Å². The lowest BCUT2D eigenvalue weighted by Gasteiger charge is -2.38. The summed E-state index contributed by atoms with van der Waals surface area (Å²) in [6.07, 6.45) is 2.25. The zero-order valence-corrected chi connectivity index (χ0v) is 17.5. The molecule has 0 aliphatic carbocycles. The van der Waals surface area contributed by atoms with Gasteiger partial charge in [-0.3, -0.25) is 14.6 Å². The molecule has 0 bridgehead atoms. The van der Waals surface area contributed by atoms with Crippen molar-refractivity contribution in [2.75, 3.05) is 13.1 Å². The first kappa shape index (κ1) is 18.7. The molecule has 0 saturated carbocycles. The van der Waals surface area contributed by atoms with Gasteiger partial charge in [0.2, 0.25) is 5.91 Å². The molecular formula is C22H20N4O3S. The SMILES string of the molecule is CCC(=O)N1CC(Oc2cc(C)c3nc(-c4cc5ccsc5cn4)[nH]c(=O)c3c2)C1. The molecule has 3 aromatic heterocycles. The van der Waals surface area contributed by atoms with E-state index in [0.29, 0.717) is 47.7 Å². The molecule has 0 spiro atoms. The van der Waals surface area contributed by atoms with E-state index in [1.54, 1.807) is 28.5 Å². The molecule has 5 rings (SSSR count). The van der Waals surface area contributed by atoms with Gasteiger partial charge in [0, 0.05) is 12.6 Å². The van der Waals surface area contributed by atoms with Crippen LogP contribution < -0.4 is 10.3 Å². The number of ether oxygens (including phenoxy) is 1. The van der Waals surface area contributed by atoms with Crippen LogP contribution in [0.25, 0.3) is 32.5 Å². The van der Waals surface area contributed by atoms with Gasteiger partial charge in [0.15, 0.2) is 5.82 Å². The zero-order valence-electron chi connectivity index (χ0n) is 16.6. The summed E-state index contributed by atoms with van der Waals surface area (Å²) in [5, 5.41) is 3.56. The minimum atomic E-state index is -0.229. The highest BCUT2D eigenvalue weighted by Gasteiger charge is 2.31. The van der Waals surface area contributed by atoms with E-state index in [2.05, 4.69) is 15.0 Å². The highest BCUT2D eigenvalue weighted by atomic mass is 32.1. The molecule has 1 aromatic carbocycles. The molecule has 1 aliphatic heterocycles. The lowest BCUT2D eigenvalue weighted by Crippen LogP contribution is -2.56. The molecule has 1 fully saturated rings. The second-order valence-electron chi connectivity index (χ2n) is 7.47. The van der Waals surface area contributed by atoms with Crippen LogP contribution in [-0.4, -0.2) is 45.0 Å². The number of thiophene rings is 1. The fraction of sp³-hybridized carbons (Fsp3) is 0.273. The summed E-state index contributed by atoms with van der Waals surface area (Å²) in [6.45, 7) is 4.92. The lowest BCUT2D eigenvalue weighted by molar-refractivity contribution is -0.139. The number of hydrogen-bond donors (Lipinski definition) is 1. The smallest absolute Gasteiger partial charge is 0.259 e. The second-order valence-corrected chi connectivity index (χ2v) is 8.42. The summed E-state index contributed by atoms with van der Waals surface area (Å²) in [6, 6.07) is 7.56. The molecule has 4 aromatic rings.